The first-order valence-electron chi connectivity index (χ1n) is 4.66. The third-order valence-corrected chi connectivity index (χ3v) is 2.70. The summed E-state index contributed by atoms with van der Waals surface area (Å²) in [6.07, 6.45) is 1.94. The van der Waals surface area contributed by atoms with Crippen molar-refractivity contribution in [1.82, 2.24) is 4.98 Å². The molecule has 4 nitrogen and oxygen atoms in total. The van der Waals surface area contributed by atoms with Gasteiger partial charge in [0.2, 0.25) is 0 Å². The number of nitrogens with two attached hydrogens (primary N) is 1. The zero-order valence-corrected chi connectivity index (χ0v) is 9.87. The number of aromatic nitrogens is 1. The van der Waals surface area contributed by atoms with Crippen LogP contribution in [0.4, 0.5) is 20.4 Å². The summed E-state index contributed by atoms with van der Waals surface area (Å²) in [6.45, 7) is 1.89. The van der Waals surface area contributed by atoms with Crippen molar-refractivity contribution in [1.29, 1.82) is 0 Å². The number of thioether (sulfide) groups is 1. The second kappa shape index (κ2) is 5.86. The summed E-state index contributed by atoms with van der Waals surface area (Å²) >= 11 is 1.62. The molecule has 0 aromatic carbocycles. The van der Waals surface area contributed by atoms with E-state index in [-0.39, 0.29) is 17.7 Å². The van der Waals surface area contributed by atoms with Gasteiger partial charge in [-0.3, -0.25) is 0 Å². The zero-order chi connectivity index (χ0) is 12.1. The number of anilines is 2. The van der Waals surface area contributed by atoms with E-state index in [4.69, 9.17) is 5.84 Å². The van der Waals surface area contributed by atoms with Gasteiger partial charge in [-0.05, 0) is 13.2 Å². The maximum atomic E-state index is 13.3. The Hall–Kier alpha value is -1.08. The fraction of sp³-hybridized carbons (Fsp3) is 0.444. The van der Waals surface area contributed by atoms with Crippen molar-refractivity contribution < 1.29 is 8.78 Å². The molecule has 0 fully saturated rings. The van der Waals surface area contributed by atoms with Gasteiger partial charge >= 0.3 is 0 Å². The molecule has 1 unspecified atom stereocenters. The van der Waals surface area contributed by atoms with Gasteiger partial charge in [0.1, 0.15) is 0 Å². The molecule has 1 aromatic rings. The molecule has 1 atom stereocenters. The Morgan fingerprint density at radius 3 is 2.62 bits per heavy atom. The van der Waals surface area contributed by atoms with Crippen molar-refractivity contribution in [2.45, 2.75) is 13.0 Å². The summed E-state index contributed by atoms with van der Waals surface area (Å²) in [5, 5.41) is 2.84. The van der Waals surface area contributed by atoms with Crippen LogP contribution in [0.1, 0.15) is 6.92 Å². The van der Waals surface area contributed by atoms with Crippen LogP contribution in [0, 0.1) is 11.6 Å². The number of halogens is 2. The highest BCUT2D eigenvalue weighted by molar-refractivity contribution is 7.98. The minimum Gasteiger partial charge on any atom is -0.364 e. The first-order valence-corrected chi connectivity index (χ1v) is 6.06. The van der Waals surface area contributed by atoms with Crippen LogP contribution in [0.3, 0.4) is 0 Å². The van der Waals surface area contributed by atoms with E-state index in [0.29, 0.717) is 0 Å². The Morgan fingerprint density at radius 2 is 2.06 bits per heavy atom. The van der Waals surface area contributed by atoms with Crippen molar-refractivity contribution in [3.05, 3.63) is 17.7 Å². The van der Waals surface area contributed by atoms with Crippen molar-refractivity contribution >= 4 is 23.4 Å². The number of hydrogen-bond donors (Lipinski definition) is 3. The van der Waals surface area contributed by atoms with Crippen LogP contribution in [-0.2, 0) is 0 Å². The van der Waals surface area contributed by atoms with Crippen LogP contribution < -0.4 is 16.6 Å². The van der Waals surface area contributed by atoms with Crippen molar-refractivity contribution in [3.63, 3.8) is 0 Å². The topological polar surface area (TPSA) is 63.0 Å². The zero-order valence-electron chi connectivity index (χ0n) is 9.05. The number of nitrogens with zero attached hydrogens (tertiary/aromatic N) is 1. The average Bonchev–Trinajstić information content (AvgIpc) is 2.22. The molecule has 1 rings (SSSR count). The molecule has 0 aliphatic heterocycles. The standard InChI is InChI=1S/C9H14F2N4S/c1-5(4-16-2)13-8-6(10)3-7(11)9(14-8)15-12/h3,5H,4,12H2,1-2H3,(H2,13,14,15). The van der Waals surface area contributed by atoms with Gasteiger partial charge in [0, 0.05) is 17.9 Å². The molecule has 0 bridgehead atoms. The lowest BCUT2D eigenvalue weighted by Crippen LogP contribution is -2.21. The molecule has 90 valence electrons. The Morgan fingerprint density at radius 1 is 1.44 bits per heavy atom. The Balaban J connectivity index is 2.87. The second-order valence-electron chi connectivity index (χ2n) is 3.29. The molecule has 4 N–H and O–H groups in total. The van der Waals surface area contributed by atoms with Gasteiger partial charge in [0.15, 0.2) is 23.3 Å². The molecule has 0 saturated heterocycles. The van der Waals surface area contributed by atoms with E-state index in [1.165, 1.54) is 0 Å². The van der Waals surface area contributed by atoms with Gasteiger partial charge in [0.05, 0.1) is 0 Å². The molecular weight excluding hydrogens is 234 g/mol. The highest BCUT2D eigenvalue weighted by atomic mass is 32.2. The maximum Gasteiger partial charge on any atom is 0.178 e. The first-order chi connectivity index (χ1) is 7.58. The summed E-state index contributed by atoms with van der Waals surface area (Å²) in [6, 6.07) is 0.782. The van der Waals surface area contributed by atoms with Crippen LogP contribution in [-0.4, -0.2) is 23.0 Å². The number of rotatable bonds is 5. The molecule has 0 aliphatic carbocycles. The van der Waals surface area contributed by atoms with Crippen LogP contribution in [0.25, 0.3) is 0 Å². The molecule has 1 aromatic heterocycles. The van der Waals surface area contributed by atoms with Gasteiger partial charge in [-0.1, -0.05) is 0 Å². The van der Waals surface area contributed by atoms with E-state index in [2.05, 4.69) is 15.7 Å². The SMILES string of the molecule is CSCC(C)Nc1nc(NN)c(F)cc1F. The van der Waals surface area contributed by atoms with Gasteiger partial charge in [0.25, 0.3) is 0 Å². The Kier molecular flexibility index (Phi) is 4.75. The van der Waals surface area contributed by atoms with E-state index in [1.54, 1.807) is 11.8 Å². The van der Waals surface area contributed by atoms with Crippen molar-refractivity contribution in [3.8, 4) is 0 Å². The predicted octanol–water partition coefficient (Wildman–Crippen LogP) is 1.81. The number of hydrazine groups is 1. The molecule has 16 heavy (non-hydrogen) atoms. The summed E-state index contributed by atoms with van der Waals surface area (Å²) in [4.78, 5) is 3.71. The summed E-state index contributed by atoms with van der Waals surface area (Å²) in [5.74, 6) is 4.12. The fourth-order valence-corrected chi connectivity index (χ4v) is 1.78. The maximum absolute atomic E-state index is 13.3. The van der Waals surface area contributed by atoms with Gasteiger partial charge in [-0.25, -0.2) is 19.6 Å². The Bertz CT molecular complexity index is 362. The van der Waals surface area contributed by atoms with E-state index < -0.39 is 11.6 Å². The smallest absolute Gasteiger partial charge is 0.178 e. The van der Waals surface area contributed by atoms with E-state index in [9.17, 15) is 8.78 Å². The summed E-state index contributed by atoms with van der Waals surface area (Å²) in [5.41, 5.74) is 2.07. The predicted molar refractivity (Wildman–Crippen MR) is 63.4 cm³/mol. The monoisotopic (exact) mass is 248 g/mol. The normalized spacial score (nSPS) is 12.3. The van der Waals surface area contributed by atoms with Gasteiger partial charge in [-0.2, -0.15) is 11.8 Å². The lowest BCUT2D eigenvalue weighted by Gasteiger charge is -2.14. The number of hydrogen-bond acceptors (Lipinski definition) is 5. The number of nitrogens with one attached hydrogen (secondary N) is 2. The van der Waals surface area contributed by atoms with Crippen LogP contribution in [0.15, 0.2) is 6.07 Å². The molecular formula is C9H14F2N4S. The second-order valence-corrected chi connectivity index (χ2v) is 4.20. The van der Waals surface area contributed by atoms with Crippen molar-refractivity contribution in [2.75, 3.05) is 22.8 Å². The molecule has 7 heteroatoms. The highest BCUT2D eigenvalue weighted by Crippen LogP contribution is 2.19. The largest absolute Gasteiger partial charge is 0.364 e. The Labute approximate surface area is 97.0 Å². The van der Waals surface area contributed by atoms with Crippen LogP contribution >= 0.6 is 11.8 Å². The third-order valence-electron chi connectivity index (χ3n) is 1.87. The summed E-state index contributed by atoms with van der Waals surface area (Å²) < 4.78 is 26.4. The van der Waals surface area contributed by atoms with E-state index in [0.717, 1.165) is 11.8 Å². The molecule has 0 aliphatic rings. The quantitative estimate of drug-likeness (QED) is 0.548. The van der Waals surface area contributed by atoms with Gasteiger partial charge < -0.3 is 10.7 Å². The molecule has 1 heterocycles. The van der Waals surface area contributed by atoms with Crippen molar-refractivity contribution in [2.24, 2.45) is 5.84 Å². The number of pyridine rings is 1. The molecule has 0 saturated carbocycles. The first kappa shape index (κ1) is 13.0. The fourth-order valence-electron chi connectivity index (χ4n) is 1.19. The highest BCUT2D eigenvalue weighted by Gasteiger charge is 2.12. The lowest BCUT2D eigenvalue weighted by atomic mass is 10.3. The lowest BCUT2D eigenvalue weighted by molar-refractivity contribution is 0.577. The minimum atomic E-state index is -0.817. The molecule has 0 amide bonds. The average molecular weight is 248 g/mol. The molecule has 0 spiro atoms. The summed E-state index contributed by atoms with van der Waals surface area (Å²) in [7, 11) is 0. The van der Waals surface area contributed by atoms with E-state index >= 15 is 0 Å². The minimum absolute atomic E-state index is 0.00380. The van der Waals surface area contributed by atoms with Crippen LogP contribution in [0.2, 0.25) is 0 Å². The van der Waals surface area contributed by atoms with E-state index in [1.807, 2.05) is 13.2 Å². The number of nitrogen functional groups attached to an aromatic ring is 1. The molecule has 0 radical (unpaired) electrons. The third kappa shape index (κ3) is 3.21. The van der Waals surface area contributed by atoms with Gasteiger partial charge in [-0.15, -0.1) is 0 Å². The van der Waals surface area contributed by atoms with Crippen LogP contribution in [0.5, 0.6) is 0 Å².